The van der Waals surface area contributed by atoms with Gasteiger partial charge in [-0.25, -0.2) is 0 Å². The van der Waals surface area contributed by atoms with Crippen molar-refractivity contribution < 1.29 is 4.79 Å². The van der Waals surface area contributed by atoms with Crippen molar-refractivity contribution in [3.05, 3.63) is 35.4 Å². The largest absolute Gasteiger partial charge is 0.270 e. The maximum absolute atomic E-state index is 11.9. The van der Waals surface area contributed by atoms with Gasteiger partial charge in [0.1, 0.15) is 0 Å². The zero-order valence-corrected chi connectivity index (χ0v) is 13.6. The molecular formula is C14H22Cl2N2O. The van der Waals surface area contributed by atoms with Gasteiger partial charge in [-0.1, -0.05) is 26.0 Å². The highest BCUT2D eigenvalue weighted by Gasteiger charge is 2.21. The SMILES string of the molecule is CC(C)c1ccc(C(=O)NN(Cl)C(C)(C)C)cc1.Cl. The van der Waals surface area contributed by atoms with Crippen molar-refractivity contribution in [2.24, 2.45) is 0 Å². The van der Waals surface area contributed by atoms with Crippen LogP contribution in [-0.2, 0) is 0 Å². The zero-order chi connectivity index (χ0) is 13.9. The van der Waals surface area contributed by atoms with Crippen molar-refractivity contribution >= 4 is 30.1 Å². The first-order chi connectivity index (χ1) is 8.21. The lowest BCUT2D eigenvalue weighted by Gasteiger charge is -2.28. The van der Waals surface area contributed by atoms with E-state index in [1.54, 1.807) is 0 Å². The van der Waals surface area contributed by atoms with Crippen LogP contribution in [0.25, 0.3) is 0 Å². The van der Waals surface area contributed by atoms with Crippen LogP contribution >= 0.6 is 24.2 Å². The summed E-state index contributed by atoms with van der Waals surface area (Å²) in [6.07, 6.45) is 0. The summed E-state index contributed by atoms with van der Waals surface area (Å²) in [5.41, 5.74) is 4.14. The average molecular weight is 305 g/mol. The molecule has 0 saturated carbocycles. The van der Waals surface area contributed by atoms with Gasteiger partial charge in [0.15, 0.2) is 0 Å². The minimum atomic E-state index is -0.324. The molecule has 0 saturated heterocycles. The van der Waals surface area contributed by atoms with E-state index in [-0.39, 0.29) is 23.9 Å². The van der Waals surface area contributed by atoms with Crippen molar-refractivity contribution in [2.45, 2.75) is 46.1 Å². The molecule has 1 rings (SSSR count). The van der Waals surface area contributed by atoms with E-state index in [0.29, 0.717) is 11.5 Å². The highest BCUT2D eigenvalue weighted by Crippen LogP contribution is 2.16. The van der Waals surface area contributed by atoms with Crippen LogP contribution in [0.2, 0.25) is 0 Å². The fourth-order valence-electron chi connectivity index (χ4n) is 1.34. The van der Waals surface area contributed by atoms with Gasteiger partial charge in [-0.3, -0.25) is 10.2 Å². The van der Waals surface area contributed by atoms with Crippen LogP contribution in [0.5, 0.6) is 0 Å². The van der Waals surface area contributed by atoms with Gasteiger partial charge in [0.2, 0.25) is 0 Å². The molecule has 0 bridgehead atoms. The highest BCUT2D eigenvalue weighted by molar-refractivity contribution is 6.14. The van der Waals surface area contributed by atoms with E-state index < -0.39 is 0 Å². The van der Waals surface area contributed by atoms with E-state index in [2.05, 4.69) is 19.3 Å². The van der Waals surface area contributed by atoms with Crippen LogP contribution < -0.4 is 5.43 Å². The van der Waals surface area contributed by atoms with E-state index >= 15 is 0 Å². The minimum Gasteiger partial charge on any atom is -0.270 e. The number of nitrogens with zero attached hydrogens (tertiary/aromatic N) is 1. The number of nitrogens with one attached hydrogen (secondary N) is 1. The zero-order valence-electron chi connectivity index (χ0n) is 12.0. The summed E-state index contributed by atoms with van der Waals surface area (Å²) in [5, 5.41) is 0. The number of carbonyl (C=O) groups excluding carboxylic acids is 1. The van der Waals surface area contributed by atoms with Crippen molar-refractivity contribution in [1.29, 1.82) is 0 Å². The third-order valence-corrected chi connectivity index (χ3v) is 3.22. The van der Waals surface area contributed by atoms with E-state index in [1.165, 1.54) is 10.1 Å². The summed E-state index contributed by atoms with van der Waals surface area (Å²) < 4.78 is 1.30. The summed E-state index contributed by atoms with van der Waals surface area (Å²) >= 11 is 5.98. The fourth-order valence-corrected chi connectivity index (χ4v) is 1.42. The van der Waals surface area contributed by atoms with Gasteiger partial charge in [-0.15, -0.1) is 16.9 Å². The van der Waals surface area contributed by atoms with Crippen LogP contribution in [-0.4, -0.2) is 16.0 Å². The first-order valence-electron chi connectivity index (χ1n) is 6.09. The Hall–Kier alpha value is -0.770. The van der Waals surface area contributed by atoms with Gasteiger partial charge in [0.05, 0.1) is 0 Å². The van der Waals surface area contributed by atoms with Crippen LogP contribution in [0.3, 0.4) is 0 Å². The van der Waals surface area contributed by atoms with Crippen LogP contribution in [0, 0.1) is 0 Å². The molecule has 0 aromatic heterocycles. The number of hydrogen-bond donors (Lipinski definition) is 1. The second-order valence-corrected chi connectivity index (χ2v) is 6.01. The molecule has 0 aliphatic heterocycles. The van der Waals surface area contributed by atoms with Gasteiger partial charge in [-0.2, -0.15) is 0 Å². The lowest BCUT2D eigenvalue weighted by molar-refractivity contribution is 0.0806. The molecule has 0 aliphatic carbocycles. The predicted octanol–water partition coefficient (Wildman–Crippen LogP) is 4.13. The Kier molecular flexibility index (Phi) is 6.84. The van der Waals surface area contributed by atoms with Crippen LogP contribution in [0.4, 0.5) is 0 Å². The first-order valence-corrected chi connectivity index (χ1v) is 6.42. The van der Waals surface area contributed by atoms with Crippen molar-refractivity contribution in [2.75, 3.05) is 0 Å². The predicted molar refractivity (Wildman–Crippen MR) is 82.7 cm³/mol. The highest BCUT2D eigenvalue weighted by atomic mass is 35.5. The Morgan fingerprint density at radius 3 is 2.05 bits per heavy atom. The van der Waals surface area contributed by atoms with Gasteiger partial charge in [0.25, 0.3) is 5.91 Å². The quantitative estimate of drug-likeness (QED) is 0.672. The first kappa shape index (κ1) is 18.2. The number of rotatable bonds is 3. The van der Waals surface area contributed by atoms with E-state index in [1.807, 2.05) is 45.0 Å². The Morgan fingerprint density at radius 2 is 1.68 bits per heavy atom. The number of hydrogen-bond acceptors (Lipinski definition) is 2. The van der Waals surface area contributed by atoms with Crippen molar-refractivity contribution in [3.8, 4) is 0 Å². The molecule has 1 aromatic rings. The normalized spacial score (nSPS) is 11.4. The smallest absolute Gasteiger partial charge is 0.266 e. The standard InChI is InChI=1S/C14H21ClN2O.ClH/c1-10(2)11-6-8-12(9-7-11)13(18)16-17(15)14(3,4)5;/h6-10H,1-5H3,(H,16,18);1H. The molecule has 19 heavy (non-hydrogen) atoms. The Labute approximate surface area is 126 Å². The Morgan fingerprint density at radius 1 is 1.21 bits per heavy atom. The van der Waals surface area contributed by atoms with Gasteiger partial charge in [-0.05, 0) is 44.4 Å². The Balaban J connectivity index is 0.00000324. The topological polar surface area (TPSA) is 32.3 Å². The number of halogens is 2. The number of benzene rings is 1. The second kappa shape index (κ2) is 7.13. The number of carbonyl (C=O) groups is 1. The van der Waals surface area contributed by atoms with Crippen molar-refractivity contribution in [3.63, 3.8) is 0 Å². The summed E-state index contributed by atoms with van der Waals surface area (Å²) in [5.74, 6) is 0.261. The second-order valence-electron chi connectivity index (χ2n) is 5.67. The van der Waals surface area contributed by atoms with Gasteiger partial charge in [0, 0.05) is 22.9 Å². The lowest BCUT2D eigenvalue weighted by Crippen LogP contribution is -2.46. The molecule has 3 nitrogen and oxygen atoms in total. The molecule has 108 valence electrons. The molecule has 0 fully saturated rings. The summed E-state index contributed by atoms with van der Waals surface area (Å²) in [6, 6.07) is 7.57. The maximum atomic E-state index is 11.9. The summed E-state index contributed by atoms with van der Waals surface area (Å²) in [6.45, 7) is 10.00. The van der Waals surface area contributed by atoms with E-state index in [4.69, 9.17) is 11.8 Å². The fraction of sp³-hybridized carbons (Fsp3) is 0.500. The average Bonchev–Trinajstić information content (AvgIpc) is 2.27. The molecule has 0 heterocycles. The van der Waals surface area contributed by atoms with Gasteiger partial charge >= 0.3 is 0 Å². The lowest BCUT2D eigenvalue weighted by atomic mass is 10.0. The third-order valence-electron chi connectivity index (χ3n) is 2.63. The van der Waals surface area contributed by atoms with Gasteiger partial charge < -0.3 is 0 Å². The van der Waals surface area contributed by atoms with E-state index in [0.717, 1.165) is 0 Å². The summed E-state index contributed by atoms with van der Waals surface area (Å²) in [4.78, 5) is 11.9. The molecule has 0 spiro atoms. The molecule has 0 atom stereocenters. The molecular weight excluding hydrogens is 283 g/mol. The Bertz CT molecular complexity index is 410. The molecule has 1 amide bonds. The maximum Gasteiger partial charge on any atom is 0.266 e. The van der Waals surface area contributed by atoms with Crippen LogP contribution in [0.15, 0.2) is 24.3 Å². The monoisotopic (exact) mass is 304 g/mol. The molecule has 0 aliphatic rings. The van der Waals surface area contributed by atoms with E-state index in [9.17, 15) is 4.79 Å². The molecule has 5 heteroatoms. The van der Waals surface area contributed by atoms with Crippen molar-refractivity contribution in [1.82, 2.24) is 9.95 Å². The van der Waals surface area contributed by atoms with Crippen LogP contribution in [0.1, 0.15) is 56.5 Å². The third kappa shape index (κ3) is 5.39. The molecule has 0 unspecified atom stereocenters. The molecule has 1 N–H and O–H groups in total. The summed E-state index contributed by atoms with van der Waals surface area (Å²) in [7, 11) is 0. The molecule has 1 aromatic carbocycles. The number of amides is 1. The number of hydrazine groups is 1. The molecule has 0 radical (unpaired) electrons. The minimum absolute atomic E-state index is 0.